The van der Waals surface area contributed by atoms with E-state index in [9.17, 15) is 14.4 Å². The fourth-order valence-electron chi connectivity index (χ4n) is 2.41. The molecular weight excluding hydrogens is 328 g/mol. The lowest BCUT2D eigenvalue weighted by molar-refractivity contribution is -0.155. The molecule has 0 aromatic heterocycles. The summed E-state index contributed by atoms with van der Waals surface area (Å²) in [5.41, 5.74) is 0.184. The zero-order valence-electron chi connectivity index (χ0n) is 13.1. The van der Waals surface area contributed by atoms with Crippen molar-refractivity contribution < 1.29 is 28.6 Å². The van der Waals surface area contributed by atoms with Gasteiger partial charge in [-0.1, -0.05) is 11.6 Å². The van der Waals surface area contributed by atoms with E-state index in [4.69, 9.17) is 25.8 Å². The lowest BCUT2D eigenvalue weighted by Crippen LogP contribution is -2.49. The Morgan fingerprint density at radius 1 is 1.43 bits per heavy atom. The number of ether oxygens (including phenoxy) is 3. The first-order chi connectivity index (χ1) is 10.8. The molecule has 23 heavy (non-hydrogen) atoms. The first-order valence-electron chi connectivity index (χ1n) is 7.15. The first kappa shape index (κ1) is 17.6. The number of urea groups is 1. The number of nitrogens with zero attached hydrogens (tertiary/aromatic N) is 1. The van der Waals surface area contributed by atoms with Gasteiger partial charge in [0.15, 0.2) is 0 Å². The molecule has 9 heteroatoms. The highest BCUT2D eigenvalue weighted by molar-refractivity contribution is 6.23. The van der Waals surface area contributed by atoms with Gasteiger partial charge in [-0.3, -0.25) is 14.5 Å². The second kappa shape index (κ2) is 7.18. The van der Waals surface area contributed by atoms with E-state index in [-0.39, 0.29) is 13.0 Å². The monoisotopic (exact) mass is 346 g/mol. The van der Waals surface area contributed by atoms with E-state index in [0.717, 1.165) is 5.57 Å². The summed E-state index contributed by atoms with van der Waals surface area (Å²) < 4.78 is 15.9. The van der Waals surface area contributed by atoms with Crippen molar-refractivity contribution in [2.75, 3.05) is 6.61 Å². The van der Waals surface area contributed by atoms with E-state index >= 15 is 0 Å². The average Bonchev–Trinajstić information content (AvgIpc) is 2.82. The number of carbonyl (C=O) groups is 3. The first-order valence-corrected chi connectivity index (χ1v) is 7.59. The largest absolute Gasteiger partial charge is 0.463 e. The number of hydrogen-bond donors (Lipinski definition) is 1. The maximum Gasteiger partial charge on any atom is 0.324 e. The van der Waals surface area contributed by atoms with Crippen molar-refractivity contribution in [3.8, 4) is 0 Å². The molecule has 0 radical (unpaired) electrons. The number of rotatable bonds is 4. The van der Waals surface area contributed by atoms with Crippen molar-refractivity contribution in [1.82, 2.24) is 10.2 Å². The third-order valence-corrected chi connectivity index (χ3v) is 3.94. The van der Waals surface area contributed by atoms with Crippen LogP contribution < -0.4 is 5.32 Å². The molecule has 0 aliphatic carbocycles. The summed E-state index contributed by atoms with van der Waals surface area (Å²) in [5, 5.41) is 2.59. The van der Waals surface area contributed by atoms with Gasteiger partial charge >= 0.3 is 18.0 Å². The second-order valence-electron chi connectivity index (χ2n) is 5.41. The van der Waals surface area contributed by atoms with Crippen molar-refractivity contribution in [3.63, 3.8) is 0 Å². The standard InChI is InChI=1S/C14H19ClN2O6/c1-7-5-17(14(20)16-13(7)15)12-4-10(22-9(3)19)11(23-12)6-21-8(2)18/h5,10-13H,4,6H2,1-3H3,(H,16,20)/t10-,11+,12+,13?/m0/s1. The van der Waals surface area contributed by atoms with Crippen LogP contribution in [0.15, 0.2) is 11.8 Å². The molecule has 2 aliphatic rings. The molecule has 1 N–H and O–H groups in total. The van der Waals surface area contributed by atoms with Crippen LogP contribution >= 0.6 is 11.6 Å². The van der Waals surface area contributed by atoms with Crippen molar-refractivity contribution in [1.29, 1.82) is 0 Å². The van der Waals surface area contributed by atoms with Gasteiger partial charge in [-0.2, -0.15) is 0 Å². The van der Waals surface area contributed by atoms with Crippen molar-refractivity contribution in [2.24, 2.45) is 0 Å². The number of halogens is 1. The van der Waals surface area contributed by atoms with E-state index in [1.54, 1.807) is 13.1 Å². The normalized spacial score (nSPS) is 30.5. The summed E-state index contributed by atoms with van der Waals surface area (Å²) in [6, 6.07) is -0.407. The molecule has 4 atom stereocenters. The van der Waals surface area contributed by atoms with Crippen LogP contribution in [0.2, 0.25) is 0 Å². The fraction of sp³-hybridized carbons (Fsp3) is 0.643. The summed E-state index contributed by atoms with van der Waals surface area (Å²) in [6.07, 6.45) is -0.00953. The maximum absolute atomic E-state index is 12.1. The third-order valence-electron chi connectivity index (χ3n) is 3.49. The topological polar surface area (TPSA) is 94.2 Å². The van der Waals surface area contributed by atoms with E-state index in [2.05, 4.69) is 5.32 Å². The Balaban J connectivity index is 2.10. The summed E-state index contributed by atoms with van der Waals surface area (Å²) in [6.45, 7) is 4.28. The third kappa shape index (κ3) is 4.35. The van der Waals surface area contributed by atoms with Gasteiger partial charge in [0.1, 0.15) is 30.5 Å². The quantitative estimate of drug-likeness (QED) is 0.465. The second-order valence-corrected chi connectivity index (χ2v) is 5.84. The number of hydrogen-bond acceptors (Lipinski definition) is 6. The highest BCUT2D eigenvalue weighted by atomic mass is 35.5. The van der Waals surface area contributed by atoms with Gasteiger partial charge in [-0.25, -0.2) is 4.79 Å². The number of amides is 2. The Morgan fingerprint density at radius 3 is 2.74 bits per heavy atom. The number of alkyl halides is 1. The predicted octanol–water partition coefficient (Wildman–Crippen LogP) is 1.09. The van der Waals surface area contributed by atoms with E-state index in [1.165, 1.54) is 18.7 Å². The molecule has 1 saturated heterocycles. The Kier molecular flexibility index (Phi) is 5.48. The summed E-state index contributed by atoms with van der Waals surface area (Å²) in [5.74, 6) is -0.933. The smallest absolute Gasteiger partial charge is 0.324 e. The van der Waals surface area contributed by atoms with Crippen LogP contribution in [0.25, 0.3) is 0 Å². The average molecular weight is 347 g/mol. The van der Waals surface area contributed by atoms with Crippen LogP contribution in [-0.4, -0.2) is 53.4 Å². The number of esters is 2. The van der Waals surface area contributed by atoms with Crippen LogP contribution in [0.5, 0.6) is 0 Å². The zero-order valence-corrected chi connectivity index (χ0v) is 13.8. The van der Waals surface area contributed by atoms with Crippen LogP contribution in [0, 0.1) is 0 Å². The minimum atomic E-state index is -0.640. The maximum atomic E-state index is 12.1. The molecule has 2 amide bonds. The van der Waals surface area contributed by atoms with E-state index in [1.807, 2.05) is 0 Å². The molecule has 0 aromatic carbocycles. The molecule has 2 heterocycles. The lowest BCUT2D eigenvalue weighted by Gasteiger charge is -2.31. The van der Waals surface area contributed by atoms with Crippen LogP contribution in [0.3, 0.4) is 0 Å². The van der Waals surface area contributed by atoms with Crippen LogP contribution in [0.4, 0.5) is 4.79 Å². The zero-order chi connectivity index (χ0) is 17.1. The van der Waals surface area contributed by atoms with E-state index in [0.29, 0.717) is 0 Å². The molecule has 0 spiro atoms. The summed E-state index contributed by atoms with van der Waals surface area (Å²) in [7, 11) is 0. The SMILES string of the molecule is CC(=O)OC[C@H]1O[C@@H](N2C=C(C)C(Cl)NC2=O)C[C@@H]1OC(C)=O. The molecule has 8 nitrogen and oxygen atoms in total. The molecule has 2 rings (SSSR count). The molecule has 0 saturated carbocycles. The van der Waals surface area contributed by atoms with Gasteiger partial charge < -0.3 is 19.5 Å². The molecule has 1 unspecified atom stereocenters. The molecular formula is C14H19ClN2O6. The van der Waals surface area contributed by atoms with Gasteiger partial charge in [-0.05, 0) is 12.5 Å². The minimum Gasteiger partial charge on any atom is -0.463 e. The number of carbonyl (C=O) groups excluding carboxylic acids is 3. The number of nitrogens with one attached hydrogen (secondary N) is 1. The fourth-order valence-corrected chi connectivity index (χ4v) is 2.56. The summed E-state index contributed by atoms with van der Waals surface area (Å²) >= 11 is 5.95. The van der Waals surface area contributed by atoms with Gasteiger partial charge in [0.2, 0.25) is 0 Å². The lowest BCUT2D eigenvalue weighted by atomic mass is 10.1. The van der Waals surface area contributed by atoms with Gasteiger partial charge in [0.25, 0.3) is 0 Å². The molecule has 0 bridgehead atoms. The van der Waals surface area contributed by atoms with Crippen molar-refractivity contribution in [3.05, 3.63) is 11.8 Å². The van der Waals surface area contributed by atoms with Crippen LogP contribution in [0.1, 0.15) is 27.2 Å². The van der Waals surface area contributed by atoms with Crippen LogP contribution in [-0.2, 0) is 23.8 Å². The summed E-state index contributed by atoms with van der Waals surface area (Å²) in [4.78, 5) is 35.6. The molecule has 0 aromatic rings. The van der Waals surface area contributed by atoms with Crippen molar-refractivity contribution >= 4 is 29.6 Å². The van der Waals surface area contributed by atoms with Gasteiger partial charge in [0.05, 0.1) is 0 Å². The highest BCUT2D eigenvalue weighted by Gasteiger charge is 2.43. The van der Waals surface area contributed by atoms with E-state index < -0.39 is 41.9 Å². The Bertz CT molecular complexity index is 537. The van der Waals surface area contributed by atoms with Crippen molar-refractivity contribution in [2.45, 2.75) is 51.1 Å². The Morgan fingerprint density at radius 2 is 2.13 bits per heavy atom. The highest BCUT2D eigenvalue weighted by Crippen LogP contribution is 2.29. The molecule has 2 aliphatic heterocycles. The van der Waals surface area contributed by atoms with Gasteiger partial charge in [-0.15, -0.1) is 0 Å². The molecule has 1 fully saturated rings. The Hall–Kier alpha value is -1.80. The predicted molar refractivity (Wildman–Crippen MR) is 79.2 cm³/mol. The Labute approximate surface area is 138 Å². The minimum absolute atomic E-state index is 0.0555. The molecule has 128 valence electrons. The van der Waals surface area contributed by atoms with Gasteiger partial charge in [0, 0.05) is 26.5 Å².